The summed E-state index contributed by atoms with van der Waals surface area (Å²) < 4.78 is 32.5. The van der Waals surface area contributed by atoms with Gasteiger partial charge < -0.3 is 10.1 Å². The maximum absolute atomic E-state index is 13.7. The SMILES string of the molecule is O=C(NCc1ccc(S(=O)(=O)N2CCOCC2)cc1)C12CC3CC(C1)CC(c1ccccc1)(C3)C2. The number of nitrogens with one attached hydrogen (secondary N) is 1. The van der Waals surface area contributed by atoms with Crippen molar-refractivity contribution < 1.29 is 17.9 Å². The molecule has 0 spiro atoms. The number of carbonyl (C=O) groups excluding carboxylic acids is 1. The van der Waals surface area contributed by atoms with Crippen molar-refractivity contribution in [1.82, 2.24) is 9.62 Å². The van der Waals surface area contributed by atoms with E-state index >= 15 is 0 Å². The van der Waals surface area contributed by atoms with Crippen molar-refractivity contribution in [1.29, 1.82) is 0 Å². The number of rotatable bonds is 6. The third-order valence-corrected chi connectivity index (χ3v) is 10.8. The van der Waals surface area contributed by atoms with Crippen LogP contribution in [0.15, 0.2) is 59.5 Å². The zero-order valence-electron chi connectivity index (χ0n) is 20.1. The van der Waals surface area contributed by atoms with Crippen molar-refractivity contribution in [2.24, 2.45) is 17.3 Å². The molecular formula is C28H34N2O4S. The Balaban J connectivity index is 1.15. The second-order valence-corrected chi connectivity index (χ2v) is 13.2. The van der Waals surface area contributed by atoms with Crippen molar-refractivity contribution in [3.05, 3.63) is 65.7 Å². The van der Waals surface area contributed by atoms with Gasteiger partial charge in [0.25, 0.3) is 0 Å². The van der Waals surface area contributed by atoms with Crippen molar-refractivity contribution >= 4 is 15.9 Å². The molecule has 0 radical (unpaired) electrons. The molecule has 4 saturated carbocycles. The van der Waals surface area contributed by atoms with Gasteiger partial charge in [-0.25, -0.2) is 8.42 Å². The zero-order chi connectivity index (χ0) is 24.1. The van der Waals surface area contributed by atoms with Gasteiger partial charge in [-0.2, -0.15) is 4.31 Å². The van der Waals surface area contributed by atoms with Gasteiger partial charge in [0.15, 0.2) is 0 Å². The highest BCUT2D eigenvalue weighted by atomic mass is 32.2. The van der Waals surface area contributed by atoms with Crippen molar-refractivity contribution in [2.45, 2.75) is 55.4 Å². The Morgan fingerprint density at radius 3 is 2.26 bits per heavy atom. The number of benzene rings is 2. The van der Waals surface area contributed by atoms with E-state index in [1.165, 1.54) is 29.1 Å². The van der Waals surface area contributed by atoms with Crippen LogP contribution < -0.4 is 5.32 Å². The number of ether oxygens (including phenoxy) is 1. The second kappa shape index (κ2) is 8.71. The Morgan fingerprint density at radius 1 is 0.943 bits per heavy atom. The molecule has 7 rings (SSSR count). The molecule has 7 heteroatoms. The highest BCUT2D eigenvalue weighted by Gasteiger charge is 2.60. The van der Waals surface area contributed by atoms with Gasteiger partial charge in [-0.15, -0.1) is 0 Å². The minimum Gasteiger partial charge on any atom is -0.379 e. The molecule has 2 atom stereocenters. The molecule has 1 saturated heterocycles. The molecule has 186 valence electrons. The lowest BCUT2D eigenvalue weighted by atomic mass is 9.42. The Hall–Kier alpha value is -2.22. The molecule has 1 amide bonds. The fourth-order valence-corrected chi connectivity index (χ4v) is 9.15. The summed E-state index contributed by atoms with van der Waals surface area (Å²) in [7, 11) is -3.51. The van der Waals surface area contributed by atoms with Crippen LogP contribution in [0.4, 0.5) is 0 Å². The molecule has 2 aromatic rings. The molecule has 6 nitrogen and oxygen atoms in total. The van der Waals surface area contributed by atoms with E-state index in [1.54, 1.807) is 12.1 Å². The maximum atomic E-state index is 13.7. The quantitative estimate of drug-likeness (QED) is 0.662. The Kier molecular flexibility index (Phi) is 5.78. The van der Waals surface area contributed by atoms with Crippen LogP contribution >= 0.6 is 0 Å². The average molecular weight is 495 g/mol. The number of morpholine rings is 1. The van der Waals surface area contributed by atoms with Crippen LogP contribution in [0.3, 0.4) is 0 Å². The lowest BCUT2D eigenvalue weighted by molar-refractivity contribution is -0.149. The van der Waals surface area contributed by atoms with E-state index in [-0.39, 0.29) is 16.7 Å². The first-order valence-corrected chi connectivity index (χ1v) is 14.3. The summed E-state index contributed by atoms with van der Waals surface area (Å²) in [4.78, 5) is 13.9. The summed E-state index contributed by atoms with van der Waals surface area (Å²) in [5.74, 6) is 1.44. The van der Waals surface area contributed by atoms with Gasteiger partial charge >= 0.3 is 0 Å². The highest BCUT2D eigenvalue weighted by molar-refractivity contribution is 7.89. The van der Waals surface area contributed by atoms with Gasteiger partial charge in [0, 0.05) is 19.6 Å². The van der Waals surface area contributed by atoms with Crippen LogP contribution in [0.5, 0.6) is 0 Å². The first-order chi connectivity index (χ1) is 16.9. The number of nitrogens with zero attached hydrogens (tertiary/aromatic N) is 1. The normalized spacial score (nSPS) is 32.5. The number of sulfonamides is 1. The number of hydrogen-bond donors (Lipinski definition) is 1. The molecular weight excluding hydrogens is 460 g/mol. The predicted molar refractivity (Wildman–Crippen MR) is 133 cm³/mol. The van der Waals surface area contributed by atoms with E-state index in [9.17, 15) is 13.2 Å². The zero-order valence-corrected chi connectivity index (χ0v) is 20.9. The molecule has 5 aliphatic rings. The lowest BCUT2D eigenvalue weighted by Gasteiger charge is -2.61. The van der Waals surface area contributed by atoms with Crippen LogP contribution in [0.25, 0.3) is 0 Å². The Bertz CT molecular complexity index is 1180. The predicted octanol–water partition coefficient (Wildman–Crippen LogP) is 3.86. The van der Waals surface area contributed by atoms with Gasteiger partial charge in [0.2, 0.25) is 15.9 Å². The first-order valence-electron chi connectivity index (χ1n) is 12.9. The molecule has 4 bridgehead atoms. The summed E-state index contributed by atoms with van der Waals surface area (Å²) >= 11 is 0. The topological polar surface area (TPSA) is 75.7 Å². The van der Waals surface area contributed by atoms with Crippen LogP contribution in [-0.4, -0.2) is 44.9 Å². The summed E-state index contributed by atoms with van der Waals surface area (Å²) in [5.41, 5.74) is 2.18. The Morgan fingerprint density at radius 2 is 1.60 bits per heavy atom. The van der Waals surface area contributed by atoms with E-state index < -0.39 is 10.0 Å². The molecule has 1 aliphatic heterocycles. The third kappa shape index (κ3) is 4.11. The van der Waals surface area contributed by atoms with Crippen molar-refractivity contribution in [3.8, 4) is 0 Å². The van der Waals surface area contributed by atoms with Crippen molar-refractivity contribution in [3.63, 3.8) is 0 Å². The highest BCUT2D eigenvalue weighted by Crippen LogP contribution is 2.65. The van der Waals surface area contributed by atoms with Gasteiger partial charge in [-0.3, -0.25) is 4.79 Å². The van der Waals surface area contributed by atoms with Crippen molar-refractivity contribution in [2.75, 3.05) is 26.3 Å². The fourth-order valence-electron chi connectivity index (χ4n) is 7.74. The van der Waals surface area contributed by atoms with E-state index in [2.05, 4.69) is 35.6 Å². The third-order valence-electron chi connectivity index (χ3n) is 8.91. The molecule has 1 heterocycles. The summed E-state index contributed by atoms with van der Waals surface area (Å²) in [6.07, 6.45) is 6.63. The van der Waals surface area contributed by atoms with Gasteiger partial charge in [-0.05, 0) is 79.0 Å². The standard InChI is InChI=1S/C28H34N2O4S/c31-26(29-19-21-6-8-25(9-7-21)35(32,33)30-10-12-34-13-11-30)28-17-22-14-23(18-28)16-27(15-22,20-28)24-4-2-1-3-5-24/h1-9,22-23H,10-20H2,(H,29,31). The largest absolute Gasteiger partial charge is 0.379 e. The number of carbonyl (C=O) groups is 1. The van der Waals surface area contributed by atoms with Crippen LogP contribution in [0.2, 0.25) is 0 Å². The van der Waals surface area contributed by atoms with E-state index in [4.69, 9.17) is 4.74 Å². The summed E-state index contributed by atoms with van der Waals surface area (Å²) in [6.45, 7) is 2.05. The second-order valence-electron chi connectivity index (χ2n) is 11.2. The molecule has 2 aromatic carbocycles. The van der Waals surface area contributed by atoms with Crippen LogP contribution in [0, 0.1) is 17.3 Å². The minimum absolute atomic E-state index is 0.137. The molecule has 2 unspecified atom stereocenters. The summed E-state index contributed by atoms with van der Waals surface area (Å²) in [5, 5.41) is 3.23. The molecule has 4 aliphatic carbocycles. The van der Waals surface area contributed by atoms with Gasteiger partial charge in [-0.1, -0.05) is 42.5 Å². The van der Waals surface area contributed by atoms with Crippen LogP contribution in [-0.2, 0) is 31.5 Å². The Labute approximate surface area is 208 Å². The molecule has 5 fully saturated rings. The van der Waals surface area contributed by atoms with E-state index in [1.807, 2.05) is 12.1 Å². The minimum atomic E-state index is -3.51. The number of hydrogen-bond acceptors (Lipinski definition) is 4. The first kappa shape index (κ1) is 23.2. The fraction of sp³-hybridized carbons (Fsp3) is 0.536. The maximum Gasteiger partial charge on any atom is 0.243 e. The van der Waals surface area contributed by atoms with Gasteiger partial charge in [0.05, 0.1) is 23.5 Å². The molecule has 35 heavy (non-hydrogen) atoms. The van der Waals surface area contributed by atoms with Crippen LogP contribution in [0.1, 0.15) is 49.7 Å². The van der Waals surface area contributed by atoms with E-state index in [0.717, 1.165) is 24.8 Å². The summed E-state index contributed by atoms with van der Waals surface area (Å²) in [6, 6.07) is 17.8. The monoisotopic (exact) mass is 494 g/mol. The average Bonchev–Trinajstić information content (AvgIpc) is 2.88. The molecule has 0 aromatic heterocycles. The van der Waals surface area contributed by atoms with Gasteiger partial charge in [0.1, 0.15) is 0 Å². The lowest BCUT2D eigenvalue weighted by Crippen LogP contribution is -2.59. The number of amides is 1. The smallest absolute Gasteiger partial charge is 0.243 e. The van der Waals surface area contributed by atoms with E-state index in [0.29, 0.717) is 49.6 Å². The molecule has 1 N–H and O–H groups in total.